The number of rotatable bonds is 5. The predicted octanol–water partition coefficient (Wildman–Crippen LogP) is 3.49. The Balaban J connectivity index is 1.15. The van der Waals surface area contributed by atoms with Crippen LogP contribution in [0.4, 0.5) is 0 Å². The number of aromatic nitrogens is 2. The number of nitrogens with one attached hydrogen (secondary N) is 1. The lowest BCUT2D eigenvalue weighted by Gasteiger charge is -2.32. The first-order chi connectivity index (χ1) is 14.6. The molecule has 2 aliphatic rings. The minimum Gasteiger partial charge on any atom is -0.351 e. The van der Waals surface area contributed by atoms with Gasteiger partial charge in [-0.1, -0.05) is 24.3 Å². The molecule has 3 heterocycles. The number of para-hydroxylation sites is 1. The number of carbonyl (C=O) groups is 2. The van der Waals surface area contributed by atoms with Crippen molar-refractivity contribution >= 4 is 23.2 Å². The molecule has 154 valence electrons. The third-order valence-corrected chi connectivity index (χ3v) is 7.30. The average molecular weight is 421 g/mol. The van der Waals surface area contributed by atoms with Crippen LogP contribution in [0, 0.1) is 11.3 Å². The van der Waals surface area contributed by atoms with E-state index in [-0.39, 0.29) is 23.1 Å². The number of benzene rings is 1. The highest BCUT2D eigenvalue weighted by Gasteiger charge is 2.58. The number of hydrogen-bond acceptors (Lipinski definition) is 4. The van der Waals surface area contributed by atoms with Gasteiger partial charge in [0.25, 0.3) is 5.91 Å². The number of amides is 2. The first-order valence-electron chi connectivity index (χ1n) is 10.3. The molecular formula is C23H24N4O2S. The zero-order chi connectivity index (χ0) is 20.6. The molecule has 1 atom stereocenters. The third-order valence-electron chi connectivity index (χ3n) is 6.42. The van der Waals surface area contributed by atoms with Gasteiger partial charge >= 0.3 is 0 Å². The zero-order valence-corrected chi connectivity index (χ0v) is 17.5. The van der Waals surface area contributed by atoms with Gasteiger partial charge in [-0.2, -0.15) is 5.10 Å². The summed E-state index contributed by atoms with van der Waals surface area (Å²) in [7, 11) is 0. The van der Waals surface area contributed by atoms with Crippen LogP contribution in [-0.2, 0) is 11.3 Å². The van der Waals surface area contributed by atoms with Crippen LogP contribution in [0.3, 0.4) is 0 Å². The van der Waals surface area contributed by atoms with Crippen LogP contribution in [0.2, 0.25) is 0 Å². The zero-order valence-electron chi connectivity index (χ0n) is 16.7. The molecule has 6 nitrogen and oxygen atoms in total. The highest BCUT2D eigenvalue weighted by Crippen LogP contribution is 2.59. The van der Waals surface area contributed by atoms with Gasteiger partial charge in [-0.25, -0.2) is 4.68 Å². The van der Waals surface area contributed by atoms with Crippen LogP contribution >= 0.6 is 11.3 Å². The molecule has 7 heteroatoms. The molecule has 2 amide bonds. The summed E-state index contributed by atoms with van der Waals surface area (Å²) in [5.74, 6) is 0.272. The van der Waals surface area contributed by atoms with Crippen molar-refractivity contribution < 1.29 is 9.59 Å². The Morgan fingerprint density at radius 2 is 1.93 bits per heavy atom. The first kappa shape index (κ1) is 19.1. The predicted molar refractivity (Wildman–Crippen MR) is 115 cm³/mol. The molecule has 2 fully saturated rings. The van der Waals surface area contributed by atoms with Crippen molar-refractivity contribution in [3.8, 4) is 5.69 Å². The standard InChI is InChI=1S/C23H24N4O2S/c28-21(24-15-19-7-4-12-30-19)20-13-23(20)8-10-26(11-9-23)22(29)17-14-25-27(16-17)18-5-2-1-3-6-18/h1-7,12,14,16,20H,8-11,13,15H2,(H,24,28)/t20-/m0/s1. The van der Waals surface area contributed by atoms with Crippen molar-refractivity contribution in [2.24, 2.45) is 11.3 Å². The summed E-state index contributed by atoms with van der Waals surface area (Å²) in [5.41, 5.74) is 1.63. The lowest BCUT2D eigenvalue weighted by atomic mass is 9.90. The molecule has 30 heavy (non-hydrogen) atoms. The summed E-state index contributed by atoms with van der Waals surface area (Å²) < 4.78 is 1.73. The second-order valence-corrected chi connectivity index (χ2v) is 9.25. The molecule has 2 aromatic heterocycles. The lowest BCUT2D eigenvalue weighted by molar-refractivity contribution is -0.123. The summed E-state index contributed by atoms with van der Waals surface area (Å²) in [6, 6.07) is 13.8. The fraction of sp³-hybridized carbons (Fsp3) is 0.348. The van der Waals surface area contributed by atoms with Crippen molar-refractivity contribution in [3.63, 3.8) is 0 Å². The van der Waals surface area contributed by atoms with Crippen molar-refractivity contribution in [1.29, 1.82) is 0 Å². The number of likely N-dealkylation sites (tertiary alicyclic amines) is 1. The summed E-state index contributed by atoms with van der Waals surface area (Å²) in [4.78, 5) is 28.5. The van der Waals surface area contributed by atoms with Gasteiger partial charge in [-0.05, 0) is 48.3 Å². The number of piperidine rings is 1. The number of thiophene rings is 1. The Kier molecular flexibility index (Phi) is 4.90. The van der Waals surface area contributed by atoms with Gasteiger partial charge in [-0.15, -0.1) is 11.3 Å². The molecule has 1 N–H and O–H groups in total. The van der Waals surface area contributed by atoms with E-state index < -0.39 is 0 Å². The Morgan fingerprint density at radius 1 is 1.13 bits per heavy atom. The van der Waals surface area contributed by atoms with E-state index in [0.717, 1.165) is 24.9 Å². The third kappa shape index (κ3) is 3.65. The number of carbonyl (C=O) groups excluding carboxylic acids is 2. The van der Waals surface area contributed by atoms with Crippen LogP contribution in [0.1, 0.15) is 34.5 Å². The van der Waals surface area contributed by atoms with Crippen LogP contribution < -0.4 is 5.32 Å². The fourth-order valence-electron chi connectivity index (χ4n) is 4.47. The van der Waals surface area contributed by atoms with Crippen LogP contribution in [-0.4, -0.2) is 39.6 Å². The van der Waals surface area contributed by atoms with Gasteiger partial charge in [0.1, 0.15) is 0 Å². The van der Waals surface area contributed by atoms with E-state index in [1.54, 1.807) is 28.4 Å². The smallest absolute Gasteiger partial charge is 0.257 e. The Bertz CT molecular complexity index is 1040. The topological polar surface area (TPSA) is 67.2 Å². The van der Waals surface area contributed by atoms with Crippen LogP contribution in [0.5, 0.6) is 0 Å². The van der Waals surface area contributed by atoms with Crippen LogP contribution in [0.25, 0.3) is 5.69 Å². The molecule has 1 saturated carbocycles. The molecular weight excluding hydrogens is 396 g/mol. The quantitative estimate of drug-likeness (QED) is 0.687. The highest BCUT2D eigenvalue weighted by molar-refractivity contribution is 7.09. The molecule has 3 aromatic rings. The average Bonchev–Trinajstić information content (AvgIpc) is 3.18. The van der Waals surface area contributed by atoms with Crippen molar-refractivity contribution in [3.05, 3.63) is 70.7 Å². The molecule has 0 radical (unpaired) electrons. The molecule has 1 aliphatic heterocycles. The Morgan fingerprint density at radius 3 is 2.67 bits per heavy atom. The van der Waals surface area contributed by atoms with Gasteiger partial charge in [0.2, 0.25) is 5.91 Å². The number of nitrogens with zero attached hydrogens (tertiary/aromatic N) is 3. The van der Waals surface area contributed by atoms with Crippen LogP contribution in [0.15, 0.2) is 60.2 Å². The SMILES string of the molecule is O=C(NCc1cccs1)[C@@H]1CC12CCN(C(=O)c1cnn(-c3ccccc3)c1)CC2. The van der Waals surface area contributed by atoms with Gasteiger partial charge in [-0.3, -0.25) is 9.59 Å². The monoisotopic (exact) mass is 420 g/mol. The largest absolute Gasteiger partial charge is 0.351 e. The van der Waals surface area contributed by atoms with Gasteiger partial charge < -0.3 is 10.2 Å². The number of hydrogen-bond donors (Lipinski definition) is 1. The van der Waals surface area contributed by atoms with Gasteiger partial charge in [0.15, 0.2) is 0 Å². The van der Waals surface area contributed by atoms with Crippen molar-refractivity contribution in [2.75, 3.05) is 13.1 Å². The van der Waals surface area contributed by atoms with E-state index >= 15 is 0 Å². The van der Waals surface area contributed by atoms with E-state index in [0.29, 0.717) is 25.2 Å². The molecule has 5 rings (SSSR count). The van der Waals surface area contributed by atoms with Crippen molar-refractivity contribution in [1.82, 2.24) is 20.0 Å². The molecule has 1 aromatic carbocycles. The Labute approximate surface area is 179 Å². The van der Waals surface area contributed by atoms with E-state index in [4.69, 9.17) is 0 Å². The van der Waals surface area contributed by atoms with Gasteiger partial charge in [0.05, 0.1) is 24.0 Å². The van der Waals surface area contributed by atoms with E-state index in [2.05, 4.69) is 10.4 Å². The summed E-state index contributed by atoms with van der Waals surface area (Å²) >= 11 is 1.66. The second-order valence-electron chi connectivity index (χ2n) is 8.22. The molecule has 1 aliphatic carbocycles. The van der Waals surface area contributed by atoms with Gasteiger partial charge in [0, 0.05) is 30.1 Å². The highest BCUT2D eigenvalue weighted by atomic mass is 32.1. The maximum atomic E-state index is 12.9. The normalized spacial score (nSPS) is 19.6. The minimum atomic E-state index is 0.0198. The lowest BCUT2D eigenvalue weighted by Crippen LogP contribution is -2.40. The summed E-state index contributed by atoms with van der Waals surface area (Å²) in [6.45, 7) is 2.01. The maximum absolute atomic E-state index is 12.9. The van der Waals surface area contributed by atoms with Crippen molar-refractivity contribution in [2.45, 2.75) is 25.8 Å². The first-order valence-corrected chi connectivity index (χ1v) is 11.2. The molecule has 1 spiro atoms. The molecule has 1 saturated heterocycles. The van der Waals surface area contributed by atoms with E-state index in [1.807, 2.05) is 52.7 Å². The van der Waals surface area contributed by atoms with E-state index in [9.17, 15) is 9.59 Å². The second kappa shape index (κ2) is 7.72. The molecule has 0 bridgehead atoms. The Hall–Kier alpha value is -2.93. The minimum absolute atomic E-state index is 0.0198. The fourth-order valence-corrected chi connectivity index (χ4v) is 5.12. The maximum Gasteiger partial charge on any atom is 0.257 e. The van der Waals surface area contributed by atoms with E-state index in [1.165, 1.54) is 4.88 Å². The summed E-state index contributed by atoms with van der Waals surface area (Å²) in [6.07, 6.45) is 6.15. The summed E-state index contributed by atoms with van der Waals surface area (Å²) in [5, 5.41) is 9.44. The molecule has 0 unspecified atom stereocenters.